The fourth-order valence-electron chi connectivity index (χ4n) is 1.79. The van der Waals surface area contributed by atoms with Gasteiger partial charge >= 0.3 is 0 Å². The number of nitrogens with zero attached hydrogens (tertiary/aromatic N) is 1. The number of nitrogens with one attached hydrogen (secondary N) is 1. The van der Waals surface area contributed by atoms with Crippen molar-refractivity contribution in [2.45, 2.75) is 26.3 Å². The van der Waals surface area contributed by atoms with Crippen LogP contribution in [-0.2, 0) is 11.2 Å². The number of carbonyl (C=O) groups is 1. The Morgan fingerprint density at radius 1 is 1.45 bits per heavy atom. The lowest BCUT2D eigenvalue weighted by atomic mass is 10.1. The monoisotopic (exact) mass is 403 g/mol. The van der Waals surface area contributed by atoms with Gasteiger partial charge in [-0.05, 0) is 23.6 Å². The minimum Gasteiger partial charge on any atom is -0.320 e. The third-order valence-electron chi connectivity index (χ3n) is 3.07. The maximum absolute atomic E-state index is 11.9. The molecule has 4 nitrogen and oxygen atoms in total. The summed E-state index contributed by atoms with van der Waals surface area (Å²) in [6.07, 6.45) is 2.59. The molecule has 1 atom stereocenters. The van der Waals surface area contributed by atoms with E-state index in [9.17, 15) is 4.79 Å². The van der Waals surface area contributed by atoms with E-state index in [1.54, 1.807) is 6.20 Å². The van der Waals surface area contributed by atoms with Crippen molar-refractivity contribution in [3.63, 3.8) is 0 Å². The molecule has 1 heterocycles. The lowest BCUT2D eigenvalue weighted by Gasteiger charge is -2.13. The Morgan fingerprint density at radius 3 is 2.82 bits per heavy atom. The molecule has 0 radical (unpaired) electrons. The number of anilines is 1. The van der Waals surface area contributed by atoms with Gasteiger partial charge in [0.25, 0.3) is 0 Å². The van der Waals surface area contributed by atoms with Crippen LogP contribution in [-0.4, -0.2) is 16.9 Å². The van der Waals surface area contributed by atoms with Crippen LogP contribution in [0.3, 0.4) is 0 Å². The summed E-state index contributed by atoms with van der Waals surface area (Å²) >= 11 is 4.94. The molecule has 0 fully saturated rings. The van der Waals surface area contributed by atoms with Crippen LogP contribution in [0.2, 0.25) is 0 Å². The van der Waals surface area contributed by atoms with Gasteiger partial charge in [-0.25, -0.2) is 4.98 Å². The third-order valence-corrected chi connectivity index (χ3v) is 4.48. The smallest absolute Gasteiger partial charge is 0.243 e. The molecule has 0 aliphatic rings. The van der Waals surface area contributed by atoms with Gasteiger partial charge in [0.05, 0.1) is 6.04 Å². The summed E-state index contributed by atoms with van der Waals surface area (Å²) in [6, 6.07) is 7.63. The highest BCUT2D eigenvalue weighted by molar-refractivity contribution is 9.10. The molecule has 0 aliphatic heterocycles. The van der Waals surface area contributed by atoms with Crippen molar-refractivity contribution in [2.75, 3.05) is 5.32 Å². The zero-order valence-corrected chi connectivity index (χ0v) is 15.6. The molecule has 0 saturated heterocycles. The molecular formula is C15H19BrClN3OS. The van der Waals surface area contributed by atoms with E-state index in [4.69, 9.17) is 5.73 Å². The van der Waals surface area contributed by atoms with Crippen molar-refractivity contribution < 1.29 is 4.79 Å². The fourth-order valence-corrected chi connectivity index (χ4v) is 3.08. The molecule has 1 aromatic heterocycles. The molecule has 2 aromatic rings. The maximum Gasteiger partial charge on any atom is 0.243 e. The summed E-state index contributed by atoms with van der Waals surface area (Å²) in [5, 5.41) is 3.37. The molecule has 2 rings (SSSR count). The van der Waals surface area contributed by atoms with Crippen molar-refractivity contribution in [1.29, 1.82) is 0 Å². The van der Waals surface area contributed by atoms with E-state index in [0.29, 0.717) is 5.13 Å². The predicted molar refractivity (Wildman–Crippen MR) is 97.8 cm³/mol. The second-order valence-electron chi connectivity index (χ2n) is 5.20. The van der Waals surface area contributed by atoms with E-state index < -0.39 is 6.04 Å². The molecule has 3 N–H and O–H groups in total. The highest BCUT2D eigenvalue weighted by Crippen LogP contribution is 2.22. The molecule has 0 unspecified atom stereocenters. The number of benzene rings is 1. The van der Waals surface area contributed by atoms with Crippen molar-refractivity contribution >= 4 is 50.7 Å². The first-order valence-corrected chi connectivity index (χ1v) is 8.32. The first kappa shape index (κ1) is 19.1. The number of carbonyl (C=O) groups excluding carboxylic acids is 1. The van der Waals surface area contributed by atoms with E-state index in [2.05, 4.69) is 38.4 Å². The van der Waals surface area contributed by atoms with Crippen molar-refractivity contribution in [3.05, 3.63) is 45.4 Å². The van der Waals surface area contributed by atoms with E-state index in [1.807, 2.05) is 26.0 Å². The number of aromatic nitrogens is 1. The summed E-state index contributed by atoms with van der Waals surface area (Å²) in [5.74, 6) is -0.0838. The van der Waals surface area contributed by atoms with Crippen LogP contribution in [0.1, 0.15) is 24.3 Å². The summed E-state index contributed by atoms with van der Waals surface area (Å²) in [4.78, 5) is 17.2. The number of rotatable bonds is 5. The lowest BCUT2D eigenvalue weighted by molar-refractivity contribution is -0.118. The number of thiazole rings is 1. The van der Waals surface area contributed by atoms with Gasteiger partial charge in [-0.15, -0.1) is 23.7 Å². The predicted octanol–water partition coefficient (Wildman–Crippen LogP) is 3.84. The maximum atomic E-state index is 11.9. The van der Waals surface area contributed by atoms with E-state index >= 15 is 0 Å². The van der Waals surface area contributed by atoms with Gasteiger partial charge in [-0.3, -0.25) is 4.79 Å². The van der Waals surface area contributed by atoms with Gasteiger partial charge in [0.1, 0.15) is 0 Å². The number of nitrogens with two attached hydrogens (primary N) is 1. The second-order valence-corrected chi connectivity index (χ2v) is 7.23. The van der Waals surface area contributed by atoms with E-state index in [-0.39, 0.29) is 24.2 Å². The van der Waals surface area contributed by atoms with Crippen LogP contribution in [0.25, 0.3) is 0 Å². The summed E-state index contributed by atoms with van der Waals surface area (Å²) in [5.41, 5.74) is 7.01. The van der Waals surface area contributed by atoms with Crippen LogP contribution in [0.4, 0.5) is 5.13 Å². The molecule has 120 valence electrons. The number of hydrogen-bond donors (Lipinski definition) is 2. The van der Waals surface area contributed by atoms with Gasteiger partial charge in [-0.2, -0.15) is 0 Å². The highest BCUT2D eigenvalue weighted by atomic mass is 79.9. The first-order chi connectivity index (χ1) is 9.95. The number of hydrogen-bond acceptors (Lipinski definition) is 4. The quantitative estimate of drug-likeness (QED) is 0.795. The van der Waals surface area contributed by atoms with Gasteiger partial charge < -0.3 is 11.1 Å². The van der Waals surface area contributed by atoms with Gasteiger partial charge in [0.2, 0.25) is 5.91 Å². The zero-order chi connectivity index (χ0) is 15.4. The Labute approximate surface area is 149 Å². The molecule has 1 aromatic carbocycles. The fraction of sp³-hybridized carbons (Fsp3) is 0.333. The van der Waals surface area contributed by atoms with Gasteiger partial charge in [-0.1, -0.05) is 41.9 Å². The molecule has 0 saturated carbocycles. The largest absolute Gasteiger partial charge is 0.320 e. The van der Waals surface area contributed by atoms with Crippen LogP contribution in [0, 0.1) is 5.92 Å². The molecule has 0 aliphatic carbocycles. The van der Waals surface area contributed by atoms with Crippen LogP contribution in [0.15, 0.2) is 34.9 Å². The van der Waals surface area contributed by atoms with Gasteiger partial charge in [0, 0.05) is 22.0 Å². The SMILES string of the molecule is CC(C)[C@H](N)C(=O)Nc1ncc(Cc2cccc(Br)c2)s1.Cl. The summed E-state index contributed by atoms with van der Waals surface area (Å²) in [6.45, 7) is 3.84. The molecule has 0 spiro atoms. The Balaban J connectivity index is 0.00000242. The Morgan fingerprint density at radius 2 is 2.18 bits per heavy atom. The molecule has 22 heavy (non-hydrogen) atoms. The van der Waals surface area contributed by atoms with Crippen LogP contribution >= 0.6 is 39.7 Å². The molecular weight excluding hydrogens is 386 g/mol. The van der Waals surface area contributed by atoms with Crippen LogP contribution < -0.4 is 11.1 Å². The Bertz CT molecular complexity index is 633. The lowest BCUT2D eigenvalue weighted by Crippen LogP contribution is -2.39. The highest BCUT2D eigenvalue weighted by Gasteiger charge is 2.18. The average Bonchev–Trinajstić information content (AvgIpc) is 2.84. The first-order valence-electron chi connectivity index (χ1n) is 6.71. The Hall–Kier alpha value is -0.950. The molecule has 7 heteroatoms. The standard InChI is InChI=1S/C15H18BrN3OS.ClH/c1-9(2)13(17)14(20)19-15-18-8-12(21-15)7-10-4-3-5-11(16)6-10;/h3-6,8-9,13H,7,17H2,1-2H3,(H,18,19,20);1H/t13-;/m0./s1. The minimum atomic E-state index is -0.512. The zero-order valence-electron chi connectivity index (χ0n) is 12.4. The topological polar surface area (TPSA) is 68.0 Å². The summed E-state index contributed by atoms with van der Waals surface area (Å²) < 4.78 is 1.06. The van der Waals surface area contributed by atoms with E-state index in [0.717, 1.165) is 15.8 Å². The molecule has 0 bridgehead atoms. The van der Waals surface area contributed by atoms with E-state index in [1.165, 1.54) is 16.9 Å². The normalized spacial score (nSPS) is 11.9. The van der Waals surface area contributed by atoms with Crippen molar-refractivity contribution in [2.24, 2.45) is 11.7 Å². The van der Waals surface area contributed by atoms with Crippen LogP contribution in [0.5, 0.6) is 0 Å². The summed E-state index contributed by atoms with van der Waals surface area (Å²) in [7, 11) is 0. The van der Waals surface area contributed by atoms with Crippen molar-refractivity contribution in [1.82, 2.24) is 4.98 Å². The third kappa shape index (κ3) is 5.35. The van der Waals surface area contributed by atoms with Crippen molar-refractivity contribution in [3.8, 4) is 0 Å². The number of amides is 1. The number of halogens is 2. The average molecular weight is 405 g/mol. The minimum absolute atomic E-state index is 0. The van der Waals surface area contributed by atoms with Gasteiger partial charge in [0.15, 0.2) is 5.13 Å². The Kier molecular flexibility index (Phi) is 7.48. The molecule has 1 amide bonds. The second kappa shape index (κ2) is 8.62.